The second kappa shape index (κ2) is 4.58. The summed E-state index contributed by atoms with van der Waals surface area (Å²) in [6.45, 7) is 2.36. The molecule has 1 saturated heterocycles. The van der Waals surface area contributed by atoms with Gasteiger partial charge in [-0.1, -0.05) is 6.58 Å². The van der Waals surface area contributed by atoms with Gasteiger partial charge in [-0.15, -0.1) is 0 Å². The number of aliphatic hydroxyl groups is 5. The highest BCUT2D eigenvalue weighted by Gasteiger charge is 2.58. The van der Waals surface area contributed by atoms with Crippen LogP contribution in [0, 0.1) is 0 Å². The van der Waals surface area contributed by atoms with Gasteiger partial charge in [0.05, 0.1) is 6.61 Å². The number of ketones is 1. The molecule has 1 aliphatic rings. The highest BCUT2D eigenvalue weighted by Crippen LogP contribution is 2.31. The third-order valence-electron chi connectivity index (χ3n) is 2.48. The van der Waals surface area contributed by atoms with Gasteiger partial charge in [-0.3, -0.25) is 4.79 Å². The molecule has 92 valence electrons. The van der Waals surface area contributed by atoms with E-state index < -0.39 is 42.6 Å². The lowest BCUT2D eigenvalue weighted by Crippen LogP contribution is -2.49. The molecule has 1 fully saturated rings. The maximum absolute atomic E-state index is 11.2. The number of ether oxygens (including phenoxy) is 1. The highest BCUT2D eigenvalue weighted by molar-refractivity contribution is 5.96. The summed E-state index contributed by atoms with van der Waals surface area (Å²) in [6.07, 6.45) is -5.84. The summed E-state index contributed by atoms with van der Waals surface area (Å²) in [5, 5.41) is 46.5. The van der Waals surface area contributed by atoms with Crippen LogP contribution in [0.3, 0.4) is 0 Å². The standard InChI is InChI=1S/C9H14O7/c1-2-5(12)9(15)8(14)6(13)7(16-9)4(11)3-10/h2,4,6-8,10-11,13-15H,1,3H2/t4-,6+,7-,8-,9?/m1/s1. The Kier molecular flexibility index (Phi) is 3.79. The number of hydrogen-bond donors (Lipinski definition) is 5. The fraction of sp³-hybridized carbons (Fsp3) is 0.667. The fourth-order valence-corrected chi connectivity index (χ4v) is 1.52. The Labute approximate surface area is 91.2 Å². The van der Waals surface area contributed by atoms with E-state index in [0.717, 1.165) is 6.08 Å². The van der Waals surface area contributed by atoms with Crippen molar-refractivity contribution >= 4 is 5.78 Å². The van der Waals surface area contributed by atoms with Crippen molar-refractivity contribution < 1.29 is 35.1 Å². The van der Waals surface area contributed by atoms with Crippen LogP contribution in [0.2, 0.25) is 0 Å². The second-order valence-electron chi connectivity index (χ2n) is 3.53. The molecule has 0 radical (unpaired) electrons. The van der Waals surface area contributed by atoms with Crippen LogP contribution in [-0.2, 0) is 9.53 Å². The van der Waals surface area contributed by atoms with Crippen LogP contribution < -0.4 is 0 Å². The second-order valence-corrected chi connectivity index (χ2v) is 3.53. The summed E-state index contributed by atoms with van der Waals surface area (Å²) in [5.41, 5.74) is 0. The SMILES string of the molecule is C=CC(=O)C1(O)O[C@H]([C@H](O)CO)[C@H](O)[C@H]1O. The third-order valence-corrected chi connectivity index (χ3v) is 2.48. The normalized spacial score (nSPS) is 40.7. The monoisotopic (exact) mass is 234 g/mol. The molecule has 7 nitrogen and oxygen atoms in total. The van der Waals surface area contributed by atoms with Gasteiger partial charge < -0.3 is 30.3 Å². The van der Waals surface area contributed by atoms with Gasteiger partial charge in [-0.25, -0.2) is 0 Å². The van der Waals surface area contributed by atoms with Crippen molar-refractivity contribution in [1.29, 1.82) is 0 Å². The predicted molar refractivity (Wildman–Crippen MR) is 50.1 cm³/mol. The van der Waals surface area contributed by atoms with E-state index in [1.165, 1.54) is 0 Å². The molecule has 0 aromatic carbocycles. The number of aliphatic hydroxyl groups excluding tert-OH is 4. The Morgan fingerprint density at radius 2 is 2.12 bits per heavy atom. The lowest BCUT2D eigenvalue weighted by Gasteiger charge is -2.23. The topological polar surface area (TPSA) is 127 Å². The largest absolute Gasteiger partial charge is 0.394 e. The average Bonchev–Trinajstić information content (AvgIpc) is 2.53. The first-order chi connectivity index (χ1) is 7.38. The van der Waals surface area contributed by atoms with Gasteiger partial charge >= 0.3 is 0 Å². The van der Waals surface area contributed by atoms with E-state index in [4.69, 9.17) is 9.84 Å². The van der Waals surface area contributed by atoms with Gasteiger partial charge in [0.1, 0.15) is 24.4 Å². The van der Waals surface area contributed by atoms with Gasteiger partial charge in [0.2, 0.25) is 5.78 Å². The van der Waals surface area contributed by atoms with Crippen LogP contribution in [0.15, 0.2) is 12.7 Å². The molecule has 1 heterocycles. The van der Waals surface area contributed by atoms with E-state index in [1.807, 2.05) is 0 Å². The summed E-state index contributed by atoms with van der Waals surface area (Å²) < 4.78 is 4.70. The van der Waals surface area contributed by atoms with E-state index in [0.29, 0.717) is 0 Å². The van der Waals surface area contributed by atoms with Gasteiger partial charge in [0.15, 0.2) is 0 Å². The van der Waals surface area contributed by atoms with Crippen molar-refractivity contribution in [2.75, 3.05) is 6.61 Å². The van der Waals surface area contributed by atoms with Crippen molar-refractivity contribution in [3.8, 4) is 0 Å². The maximum atomic E-state index is 11.2. The Hall–Kier alpha value is -0.830. The van der Waals surface area contributed by atoms with E-state index in [1.54, 1.807) is 0 Å². The van der Waals surface area contributed by atoms with Gasteiger partial charge in [-0.2, -0.15) is 0 Å². The van der Waals surface area contributed by atoms with Crippen LogP contribution in [0.5, 0.6) is 0 Å². The quantitative estimate of drug-likeness (QED) is 0.326. The lowest BCUT2D eigenvalue weighted by molar-refractivity contribution is -0.226. The molecule has 0 bridgehead atoms. The van der Waals surface area contributed by atoms with E-state index in [9.17, 15) is 25.2 Å². The van der Waals surface area contributed by atoms with E-state index >= 15 is 0 Å². The molecule has 5 N–H and O–H groups in total. The molecular formula is C9H14O7. The first kappa shape index (κ1) is 13.2. The summed E-state index contributed by atoms with van der Waals surface area (Å²) in [6, 6.07) is 0. The van der Waals surface area contributed by atoms with Crippen molar-refractivity contribution in [2.24, 2.45) is 0 Å². The molecule has 1 aliphatic heterocycles. The van der Waals surface area contributed by atoms with Gasteiger partial charge in [-0.05, 0) is 6.08 Å². The molecule has 0 aromatic rings. The molecule has 0 aromatic heterocycles. The minimum Gasteiger partial charge on any atom is -0.394 e. The Balaban J connectivity index is 2.94. The van der Waals surface area contributed by atoms with Crippen molar-refractivity contribution in [3.63, 3.8) is 0 Å². The Bertz CT molecular complexity index is 292. The van der Waals surface area contributed by atoms with E-state index in [-0.39, 0.29) is 0 Å². The molecule has 1 unspecified atom stereocenters. The van der Waals surface area contributed by atoms with Crippen LogP contribution in [0.1, 0.15) is 0 Å². The first-order valence-electron chi connectivity index (χ1n) is 4.60. The Morgan fingerprint density at radius 3 is 2.56 bits per heavy atom. The minimum atomic E-state index is -2.64. The molecule has 0 saturated carbocycles. The van der Waals surface area contributed by atoms with Crippen molar-refractivity contribution in [3.05, 3.63) is 12.7 Å². The zero-order valence-electron chi connectivity index (χ0n) is 8.35. The molecule has 0 spiro atoms. The number of carbonyl (C=O) groups is 1. The van der Waals surface area contributed by atoms with Crippen LogP contribution in [0.4, 0.5) is 0 Å². The van der Waals surface area contributed by atoms with Crippen molar-refractivity contribution in [1.82, 2.24) is 0 Å². The summed E-state index contributed by atoms with van der Waals surface area (Å²) >= 11 is 0. The molecule has 0 amide bonds. The molecule has 1 rings (SSSR count). The lowest BCUT2D eigenvalue weighted by atomic mass is 10.00. The number of rotatable bonds is 4. The molecule has 0 aliphatic carbocycles. The van der Waals surface area contributed by atoms with Crippen molar-refractivity contribution in [2.45, 2.75) is 30.2 Å². The fourth-order valence-electron chi connectivity index (χ4n) is 1.52. The zero-order chi connectivity index (χ0) is 12.5. The molecule has 16 heavy (non-hydrogen) atoms. The molecule has 5 atom stereocenters. The van der Waals surface area contributed by atoms with Gasteiger partial charge in [0, 0.05) is 0 Å². The highest BCUT2D eigenvalue weighted by atomic mass is 16.7. The molecular weight excluding hydrogens is 220 g/mol. The van der Waals surface area contributed by atoms with E-state index in [2.05, 4.69) is 6.58 Å². The van der Waals surface area contributed by atoms with Gasteiger partial charge in [0.25, 0.3) is 5.79 Å². The summed E-state index contributed by atoms with van der Waals surface area (Å²) in [4.78, 5) is 11.2. The number of carbonyl (C=O) groups excluding carboxylic acids is 1. The number of hydrogen-bond acceptors (Lipinski definition) is 7. The molecule has 7 heteroatoms. The third kappa shape index (κ3) is 1.88. The zero-order valence-corrected chi connectivity index (χ0v) is 8.35. The smallest absolute Gasteiger partial charge is 0.260 e. The Morgan fingerprint density at radius 1 is 1.56 bits per heavy atom. The first-order valence-corrected chi connectivity index (χ1v) is 4.60. The van der Waals surface area contributed by atoms with Crippen LogP contribution in [0.25, 0.3) is 0 Å². The summed E-state index contributed by atoms with van der Waals surface area (Å²) in [7, 11) is 0. The average molecular weight is 234 g/mol. The van der Waals surface area contributed by atoms with Crippen LogP contribution >= 0.6 is 0 Å². The minimum absolute atomic E-state index is 0.726. The predicted octanol–water partition coefficient (Wildman–Crippen LogP) is -3.10. The summed E-state index contributed by atoms with van der Waals surface area (Å²) in [5.74, 6) is -3.67. The van der Waals surface area contributed by atoms with Crippen LogP contribution in [-0.4, -0.2) is 68.1 Å². The maximum Gasteiger partial charge on any atom is 0.260 e.